The summed E-state index contributed by atoms with van der Waals surface area (Å²) in [5.74, 6) is 0. The summed E-state index contributed by atoms with van der Waals surface area (Å²) >= 11 is 0. The van der Waals surface area contributed by atoms with Gasteiger partial charge in [-0.05, 0) is 37.6 Å². The number of nitrogen functional groups attached to an aromatic ring is 1. The van der Waals surface area contributed by atoms with E-state index in [9.17, 15) is 0 Å². The topological polar surface area (TPSA) is 74.5 Å². The van der Waals surface area contributed by atoms with Gasteiger partial charge in [0, 0.05) is 12.7 Å². The van der Waals surface area contributed by atoms with Crippen LogP contribution in [0.3, 0.4) is 0 Å². The van der Waals surface area contributed by atoms with E-state index in [4.69, 9.17) is 5.73 Å². The molecule has 0 spiro atoms. The molecule has 0 aliphatic heterocycles. The number of hydrogen-bond donors (Lipinski definition) is 1. The van der Waals surface area contributed by atoms with E-state index >= 15 is 0 Å². The van der Waals surface area contributed by atoms with Gasteiger partial charge in [-0.25, -0.2) is 4.68 Å². The van der Waals surface area contributed by atoms with Crippen LogP contribution >= 0.6 is 0 Å². The third-order valence-electron chi connectivity index (χ3n) is 3.39. The molecule has 0 unspecified atom stereocenters. The van der Waals surface area contributed by atoms with E-state index in [0.717, 1.165) is 28.3 Å². The minimum atomic E-state index is 0.701. The van der Waals surface area contributed by atoms with Crippen LogP contribution in [-0.2, 0) is 7.05 Å². The van der Waals surface area contributed by atoms with Gasteiger partial charge in [-0.15, -0.1) is 5.10 Å². The van der Waals surface area contributed by atoms with Crippen LogP contribution in [0.1, 0.15) is 11.3 Å². The van der Waals surface area contributed by atoms with E-state index < -0.39 is 0 Å². The van der Waals surface area contributed by atoms with Crippen molar-refractivity contribution in [1.29, 1.82) is 0 Å². The quantitative estimate of drug-likeness (QED) is 0.720. The van der Waals surface area contributed by atoms with Crippen LogP contribution in [0.25, 0.3) is 17.1 Å². The van der Waals surface area contributed by atoms with Gasteiger partial charge >= 0.3 is 0 Å². The number of anilines is 1. The summed E-state index contributed by atoms with van der Waals surface area (Å²) in [6.07, 6.45) is 1.89. The number of nitrogens with two attached hydrogens (primary N) is 1. The molecule has 2 N–H and O–H groups in total. The molecule has 6 heteroatoms. The molecule has 0 amide bonds. The van der Waals surface area contributed by atoms with Gasteiger partial charge in [0.25, 0.3) is 0 Å². The van der Waals surface area contributed by atoms with Crippen LogP contribution < -0.4 is 5.73 Å². The van der Waals surface area contributed by atoms with Gasteiger partial charge in [0.2, 0.25) is 0 Å². The molecule has 0 atom stereocenters. The molecule has 0 bridgehead atoms. The van der Waals surface area contributed by atoms with Crippen LogP contribution in [-0.4, -0.2) is 24.8 Å². The van der Waals surface area contributed by atoms with E-state index in [2.05, 4.69) is 15.4 Å². The van der Waals surface area contributed by atoms with Gasteiger partial charge in [-0.2, -0.15) is 5.10 Å². The summed E-state index contributed by atoms with van der Waals surface area (Å²) in [7, 11) is 1.91. The Morgan fingerprint density at radius 2 is 2.00 bits per heavy atom. The van der Waals surface area contributed by atoms with Gasteiger partial charge < -0.3 is 5.73 Å². The van der Waals surface area contributed by atoms with Crippen molar-refractivity contribution < 1.29 is 0 Å². The Bertz CT molecular complexity index is 768. The molecule has 102 valence electrons. The van der Waals surface area contributed by atoms with Crippen LogP contribution in [0.15, 0.2) is 30.5 Å². The first-order valence-corrected chi connectivity index (χ1v) is 6.35. The Balaban J connectivity index is 2.06. The zero-order valence-corrected chi connectivity index (χ0v) is 11.7. The molecule has 1 aromatic carbocycles. The van der Waals surface area contributed by atoms with Crippen LogP contribution in [0.5, 0.6) is 0 Å². The first-order valence-electron chi connectivity index (χ1n) is 6.35. The Morgan fingerprint density at radius 3 is 2.65 bits per heavy atom. The molecule has 20 heavy (non-hydrogen) atoms. The lowest BCUT2D eigenvalue weighted by Gasteiger charge is -2.01. The number of aromatic nitrogens is 5. The predicted octanol–water partition coefficient (Wildman–Crippen LogP) is 1.87. The van der Waals surface area contributed by atoms with E-state index in [1.54, 1.807) is 4.68 Å². The maximum Gasteiger partial charge on any atom is 0.131 e. The van der Waals surface area contributed by atoms with Gasteiger partial charge in [0.15, 0.2) is 0 Å². The number of benzene rings is 1. The Kier molecular flexibility index (Phi) is 2.78. The average molecular weight is 268 g/mol. The fraction of sp³-hybridized carbons (Fsp3) is 0.214. The van der Waals surface area contributed by atoms with E-state index in [-0.39, 0.29) is 0 Å². The van der Waals surface area contributed by atoms with Crippen molar-refractivity contribution in [3.8, 4) is 17.1 Å². The zero-order valence-electron chi connectivity index (χ0n) is 11.7. The highest BCUT2D eigenvalue weighted by Gasteiger charge is 2.15. The van der Waals surface area contributed by atoms with Crippen LogP contribution in [0.4, 0.5) is 5.69 Å². The fourth-order valence-electron chi connectivity index (χ4n) is 2.29. The molecule has 3 aromatic rings. The molecule has 0 radical (unpaired) electrons. The summed E-state index contributed by atoms with van der Waals surface area (Å²) in [5.41, 5.74) is 11.3. The molecule has 0 aliphatic rings. The second-order valence-corrected chi connectivity index (χ2v) is 4.83. The number of rotatable bonds is 2. The largest absolute Gasteiger partial charge is 0.399 e. The minimum Gasteiger partial charge on any atom is -0.399 e. The molecule has 3 rings (SSSR count). The maximum atomic E-state index is 5.79. The summed E-state index contributed by atoms with van der Waals surface area (Å²) in [6.45, 7) is 4.03. The lowest BCUT2D eigenvalue weighted by atomic mass is 10.2. The van der Waals surface area contributed by atoms with Crippen LogP contribution in [0.2, 0.25) is 0 Å². The maximum absolute atomic E-state index is 5.79. The van der Waals surface area contributed by atoms with Crippen molar-refractivity contribution in [3.05, 3.63) is 41.7 Å². The highest BCUT2D eigenvalue weighted by molar-refractivity contribution is 5.59. The summed E-state index contributed by atoms with van der Waals surface area (Å²) in [4.78, 5) is 0. The average Bonchev–Trinajstić information content (AvgIpc) is 2.96. The molecule has 0 aliphatic carbocycles. The fourth-order valence-corrected chi connectivity index (χ4v) is 2.29. The second-order valence-electron chi connectivity index (χ2n) is 4.83. The monoisotopic (exact) mass is 268 g/mol. The smallest absolute Gasteiger partial charge is 0.131 e. The standard InChI is InChI=1S/C14H16N6/c1-9-10(2)17-19(3)14(9)13-8-20(18-16-13)12-6-4-5-11(15)7-12/h4-8H,15H2,1-3H3. The van der Waals surface area contributed by atoms with Gasteiger partial charge in [-0.1, -0.05) is 11.3 Å². The van der Waals surface area contributed by atoms with E-state index in [0.29, 0.717) is 5.69 Å². The Labute approximate surface area is 116 Å². The van der Waals surface area contributed by atoms with Crippen LogP contribution in [0, 0.1) is 13.8 Å². The first-order chi connectivity index (χ1) is 9.56. The van der Waals surface area contributed by atoms with Gasteiger partial charge in [-0.3, -0.25) is 4.68 Å². The Hall–Kier alpha value is -2.63. The third-order valence-corrected chi connectivity index (χ3v) is 3.39. The lowest BCUT2D eigenvalue weighted by molar-refractivity contribution is 0.760. The highest BCUT2D eigenvalue weighted by Crippen LogP contribution is 2.23. The molecular weight excluding hydrogens is 252 g/mol. The molecule has 2 heterocycles. The lowest BCUT2D eigenvalue weighted by Crippen LogP contribution is -1.96. The number of hydrogen-bond acceptors (Lipinski definition) is 4. The second kappa shape index (κ2) is 4.48. The van der Waals surface area contributed by atoms with Crippen molar-refractivity contribution >= 4 is 5.69 Å². The molecule has 2 aromatic heterocycles. The summed E-state index contributed by atoms with van der Waals surface area (Å²) < 4.78 is 3.55. The predicted molar refractivity (Wildman–Crippen MR) is 77.4 cm³/mol. The third kappa shape index (κ3) is 1.95. The summed E-state index contributed by atoms with van der Waals surface area (Å²) in [6, 6.07) is 7.54. The van der Waals surface area contributed by atoms with E-state index in [1.165, 1.54) is 0 Å². The SMILES string of the molecule is Cc1nn(C)c(-c2cn(-c3cccc(N)c3)nn2)c1C. The van der Waals surface area contributed by atoms with Crippen molar-refractivity contribution in [2.45, 2.75) is 13.8 Å². The number of aryl methyl sites for hydroxylation is 2. The van der Waals surface area contributed by atoms with E-state index in [1.807, 2.05) is 56.0 Å². The molecule has 6 nitrogen and oxygen atoms in total. The van der Waals surface area contributed by atoms with Gasteiger partial charge in [0.1, 0.15) is 5.69 Å². The molecule has 0 saturated carbocycles. The van der Waals surface area contributed by atoms with Crippen molar-refractivity contribution in [1.82, 2.24) is 24.8 Å². The first kappa shape index (κ1) is 12.4. The van der Waals surface area contributed by atoms with Crippen molar-refractivity contribution in [3.63, 3.8) is 0 Å². The highest BCUT2D eigenvalue weighted by atomic mass is 15.4. The molecular formula is C14H16N6. The summed E-state index contributed by atoms with van der Waals surface area (Å²) in [5, 5.41) is 12.8. The van der Waals surface area contributed by atoms with Crippen molar-refractivity contribution in [2.24, 2.45) is 7.05 Å². The van der Waals surface area contributed by atoms with Crippen molar-refractivity contribution in [2.75, 3.05) is 5.73 Å². The van der Waals surface area contributed by atoms with Gasteiger partial charge in [0.05, 0.1) is 23.3 Å². The number of nitrogens with zero attached hydrogens (tertiary/aromatic N) is 5. The minimum absolute atomic E-state index is 0.701. The molecule has 0 fully saturated rings. The normalized spacial score (nSPS) is 10.9. The Morgan fingerprint density at radius 1 is 1.20 bits per heavy atom. The molecule has 0 saturated heterocycles. The zero-order chi connectivity index (χ0) is 14.3.